The molecule has 0 aliphatic carbocycles. The summed E-state index contributed by atoms with van der Waals surface area (Å²) < 4.78 is 23.2. The maximum absolute atomic E-state index is 12.3. The maximum atomic E-state index is 12.3. The van der Waals surface area contributed by atoms with E-state index in [1.165, 1.54) is 54.3 Å². The van der Waals surface area contributed by atoms with Crippen molar-refractivity contribution < 1.29 is 22.8 Å². The lowest BCUT2D eigenvalue weighted by molar-refractivity contribution is -0.116. The largest absolute Gasteiger partial charge is 0.326 e. The number of primary sulfonamides is 1. The maximum Gasteiger partial charge on any atom is 0.238 e. The average Bonchev–Trinajstić information content (AvgIpc) is 3.19. The summed E-state index contributed by atoms with van der Waals surface area (Å²) >= 11 is 2.57. The number of rotatable bonds is 9. The van der Waals surface area contributed by atoms with E-state index in [1.54, 1.807) is 29.6 Å². The van der Waals surface area contributed by atoms with Crippen molar-refractivity contribution in [3.63, 3.8) is 0 Å². The van der Waals surface area contributed by atoms with Crippen molar-refractivity contribution in [2.45, 2.75) is 22.6 Å². The Labute approximate surface area is 204 Å². The first kappa shape index (κ1) is 25.4. The first-order valence-electron chi connectivity index (χ1n) is 9.76. The van der Waals surface area contributed by atoms with Gasteiger partial charge in [-0.15, -0.1) is 11.3 Å². The van der Waals surface area contributed by atoms with Crippen molar-refractivity contribution in [3.05, 3.63) is 59.6 Å². The normalized spacial score (nSPS) is 11.0. The first-order valence-corrected chi connectivity index (χ1v) is 13.2. The van der Waals surface area contributed by atoms with Gasteiger partial charge in [0, 0.05) is 29.4 Å². The van der Waals surface area contributed by atoms with E-state index in [0.29, 0.717) is 27.1 Å². The van der Waals surface area contributed by atoms with Gasteiger partial charge in [0.25, 0.3) is 0 Å². The number of nitrogens with zero attached hydrogens (tertiary/aromatic N) is 1. The molecule has 3 rings (SSSR count). The molecule has 1 heterocycles. The van der Waals surface area contributed by atoms with Crippen LogP contribution in [0.15, 0.2) is 63.1 Å². The molecule has 3 aromatic rings. The zero-order valence-electron chi connectivity index (χ0n) is 17.9. The minimum absolute atomic E-state index is 0.0239. The van der Waals surface area contributed by atoms with Crippen LogP contribution >= 0.6 is 23.1 Å². The molecule has 0 saturated carbocycles. The summed E-state index contributed by atoms with van der Waals surface area (Å²) in [4.78, 5) is 40.0. The van der Waals surface area contributed by atoms with E-state index in [-0.39, 0.29) is 34.8 Å². The van der Waals surface area contributed by atoms with E-state index in [4.69, 9.17) is 5.14 Å². The molecule has 0 saturated heterocycles. The lowest BCUT2D eigenvalue weighted by Crippen LogP contribution is -2.15. The Balaban J connectivity index is 1.47. The van der Waals surface area contributed by atoms with Crippen LogP contribution in [0.3, 0.4) is 0 Å². The summed E-state index contributed by atoms with van der Waals surface area (Å²) in [6.45, 7) is 1.40. The van der Waals surface area contributed by atoms with Gasteiger partial charge in [-0.2, -0.15) is 0 Å². The van der Waals surface area contributed by atoms with Crippen LogP contribution in [-0.2, 0) is 30.8 Å². The van der Waals surface area contributed by atoms with Crippen LogP contribution in [0.25, 0.3) is 0 Å². The van der Waals surface area contributed by atoms with Crippen molar-refractivity contribution in [1.29, 1.82) is 0 Å². The Kier molecular flexibility index (Phi) is 8.39. The zero-order chi connectivity index (χ0) is 24.7. The van der Waals surface area contributed by atoms with Gasteiger partial charge >= 0.3 is 0 Å². The van der Waals surface area contributed by atoms with Crippen molar-refractivity contribution >= 4 is 67.9 Å². The number of sulfonamides is 1. The Hall–Kier alpha value is -3.26. The minimum atomic E-state index is -3.80. The number of thioether (sulfide) groups is 1. The van der Waals surface area contributed by atoms with E-state index in [1.807, 2.05) is 0 Å². The molecule has 0 aliphatic heterocycles. The topological polar surface area (TPSA) is 160 Å². The predicted octanol–water partition coefficient (Wildman–Crippen LogP) is 2.66. The molecular formula is C21H21N5O5S3. The molecule has 1 aromatic heterocycles. The Morgan fingerprint density at radius 1 is 0.971 bits per heavy atom. The fourth-order valence-corrected chi connectivity index (χ4v) is 4.90. The fourth-order valence-electron chi connectivity index (χ4n) is 2.74. The molecule has 3 amide bonds. The molecule has 0 fully saturated rings. The summed E-state index contributed by atoms with van der Waals surface area (Å²) in [6.07, 6.45) is 0.0239. The highest BCUT2D eigenvalue weighted by molar-refractivity contribution is 8.01. The monoisotopic (exact) mass is 519 g/mol. The third-order valence-corrected chi connectivity index (χ3v) is 7.13. The smallest absolute Gasteiger partial charge is 0.238 e. The number of benzene rings is 2. The molecule has 0 bridgehead atoms. The molecular weight excluding hydrogens is 498 g/mol. The summed E-state index contributed by atoms with van der Waals surface area (Å²) in [6, 6.07) is 12.3. The Morgan fingerprint density at radius 3 is 2.26 bits per heavy atom. The van der Waals surface area contributed by atoms with Gasteiger partial charge in [-0.3, -0.25) is 14.4 Å². The summed E-state index contributed by atoms with van der Waals surface area (Å²) in [7, 11) is -3.80. The number of hydrogen-bond acceptors (Lipinski definition) is 8. The number of carbonyl (C=O) groups excluding carboxylic acids is 3. The number of thiazole rings is 1. The van der Waals surface area contributed by atoms with Gasteiger partial charge in [0.2, 0.25) is 27.7 Å². The van der Waals surface area contributed by atoms with Crippen molar-refractivity contribution in [2.24, 2.45) is 5.14 Å². The third-order valence-electron chi connectivity index (χ3n) is 4.13. The second kappa shape index (κ2) is 11.2. The average molecular weight is 520 g/mol. The van der Waals surface area contributed by atoms with E-state index in [0.717, 1.165) is 0 Å². The standard InChI is InChI=1S/C21H21N5O5S3/c1-13(27)23-15-3-2-4-16(9-15)25-20(29)12-33-21-26-17(11-32-21)10-19(28)24-14-5-7-18(8-6-14)34(22,30)31/h2-9,11H,10,12H2,1H3,(H,23,27)(H,24,28)(H,25,29)(H2,22,30,31). The number of nitrogens with two attached hydrogens (primary N) is 1. The van der Waals surface area contributed by atoms with Gasteiger partial charge < -0.3 is 16.0 Å². The highest BCUT2D eigenvalue weighted by Gasteiger charge is 2.12. The van der Waals surface area contributed by atoms with E-state index < -0.39 is 10.0 Å². The number of aromatic nitrogens is 1. The molecule has 0 atom stereocenters. The number of nitrogens with one attached hydrogen (secondary N) is 3. The van der Waals surface area contributed by atoms with Crippen LogP contribution in [0.1, 0.15) is 12.6 Å². The van der Waals surface area contributed by atoms with Gasteiger partial charge in [-0.25, -0.2) is 18.5 Å². The number of amides is 3. The van der Waals surface area contributed by atoms with Crippen LogP contribution in [0.5, 0.6) is 0 Å². The number of carbonyl (C=O) groups is 3. The zero-order valence-corrected chi connectivity index (χ0v) is 20.4. The SMILES string of the molecule is CC(=O)Nc1cccc(NC(=O)CSc2nc(CC(=O)Nc3ccc(S(N)(=O)=O)cc3)cs2)c1. The van der Waals surface area contributed by atoms with E-state index in [9.17, 15) is 22.8 Å². The van der Waals surface area contributed by atoms with Gasteiger partial charge in [0.15, 0.2) is 4.34 Å². The fraction of sp³-hybridized carbons (Fsp3) is 0.143. The van der Waals surface area contributed by atoms with Crippen LogP contribution in [0, 0.1) is 0 Å². The van der Waals surface area contributed by atoms with Crippen molar-refractivity contribution in [2.75, 3.05) is 21.7 Å². The molecule has 0 aliphatic rings. The summed E-state index contributed by atoms with van der Waals surface area (Å²) in [5.41, 5.74) is 2.13. The van der Waals surface area contributed by atoms with Crippen LogP contribution < -0.4 is 21.1 Å². The third kappa shape index (κ3) is 7.95. The highest BCUT2D eigenvalue weighted by Crippen LogP contribution is 2.24. The van der Waals surface area contributed by atoms with Gasteiger partial charge in [0.1, 0.15) is 0 Å². The van der Waals surface area contributed by atoms with Crippen LogP contribution in [0.4, 0.5) is 17.1 Å². The molecule has 10 nitrogen and oxygen atoms in total. The molecule has 178 valence electrons. The molecule has 0 unspecified atom stereocenters. The van der Waals surface area contributed by atoms with E-state index in [2.05, 4.69) is 20.9 Å². The Bertz CT molecular complexity index is 1310. The van der Waals surface area contributed by atoms with E-state index >= 15 is 0 Å². The number of anilines is 3. The van der Waals surface area contributed by atoms with Gasteiger partial charge in [0.05, 0.1) is 22.8 Å². The molecule has 2 aromatic carbocycles. The minimum Gasteiger partial charge on any atom is -0.326 e. The quantitative estimate of drug-likeness (QED) is 0.316. The second-order valence-electron chi connectivity index (χ2n) is 7.00. The molecule has 0 radical (unpaired) electrons. The second-order valence-corrected chi connectivity index (χ2v) is 10.6. The predicted molar refractivity (Wildman–Crippen MR) is 132 cm³/mol. The van der Waals surface area contributed by atoms with Gasteiger partial charge in [-0.05, 0) is 42.5 Å². The Morgan fingerprint density at radius 2 is 1.62 bits per heavy atom. The van der Waals surface area contributed by atoms with Crippen LogP contribution in [-0.4, -0.2) is 36.9 Å². The lowest BCUT2D eigenvalue weighted by Gasteiger charge is -2.07. The molecule has 0 spiro atoms. The molecule has 5 N–H and O–H groups in total. The first-order chi connectivity index (χ1) is 16.1. The summed E-state index contributed by atoms with van der Waals surface area (Å²) in [5, 5.41) is 14.9. The summed E-state index contributed by atoms with van der Waals surface area (Å²) in [5.74, 6) is -0.628. The lowest BCUT2D eigenvalue weighted by atomic mass is 10.2. The van der Waals surface area contributed by atoms with Crippen LogP contribution in [0.2, 0.25) is 0 Å². The number of hydrogen-bond donors (Lipinski definition) is 4. The molecule has 13 heteroatoms. The van der Waals surface area contributed by atoms with Crippen molar-refractivity contribution in [3.8, 4) is 0 Å². The van der Waals surface area contributed by atoms with Gasteiger partial charge in [-0.1, -0.05) is 17.8 Å². The van der Waals surface area contributed by atoms with Crippen molar-refractivity contribution in [1.82, 2.24) is 4.98 Å². The highest BCUT2D eigenvalue weighted by atomic mass is 32.2. The molecule has 34 heavy (non-hydrogen) atoms.